The van der Waals surface area contributed by atoms with Crippen LogP contribution in [-0.2, 0) is 40.3 Å². The van der Waals surface area contributed by atoms with Gasteiger partial charge in [0.15, 0.2) is 0 Å². The fourth-order valence-electron chi connectivity index (χ4n) is 5.74. The Morgan fingerprint density at radius 1 is 1.10 bits per heavy atom. The molecule has 0 atom stereocenters. The maximum Gasteiger partial charge on any atom is 0.221 e. The molecule has 0 fully saturated rings. The van der Waals surface area contributed by atoms with Gasteiger partial charge in [0, 0.05) is 60.9 Å². The molecule has 1 aromatic carbocycles. The Bertz CT molecular complexity index is 1440. The third-order valence-electron chi connectivity index (χ3n) is 7.55. The van der Waals surface area contributed by atoms with Gasteiger partial charge >= 0.3 is 0 Å². The zero-order valence-electron chi connectivity index (χ0n) is 25.7. The second-order valence-electron chi connectivity index (χ2n) is 11.5. The number of carbonyl (C=O) groups is 1. The molecule has 3 heterocycles. The van der Waals surface area contributed by atoms with Gasteiger partial charge in [-0.25, -0.2) is 10.4 Å². The lowest BCUT2D eigenvalue weighted by molar-refractivity contribution is -0.110. The Morgan fingerprint density at radius 3 is 2.69 bits per heavy atom. The lowest BCUT2D eigenvalue weighted by Crippen LogP contribution is -2.30. The summed E-state index contributed by atoms with van der Waals surface area (Å²) >= 11 is 1.72. The van der Waals surface area contributed by atoms with Gasteiger partial charge in [-0.05, 0) is 73.9 Å². The number of amides is 1. The van der Waals surface area contributed by atoms with Gasteiger partial charge in [-0.3, -0.25) is 15.2 Å². The summed E-state index contributed by atoms with van der Waals surface area (Å²) in [5, 5.41) is 4.52. The summed E-state index contributed by atoms with van der Waals surface area (Å²) in [7, 11) is 3.50. The maximum absolute atomic E-state index is 10.3. The Labute approximate surface area is 253 Å². The van der Waals surface area contributed by atoms with Gasteiger partial charge in [0.2, 0.25) is 6.41 Å². The highest BCUT2D eigenvalue weighted by molar-refractivity contribution is 7.13. The summed E-state index contributed by atoms with van der Waals surface area (Å²) in [5.41, 5.74) is 13.4. The van der Waals surface area contributed by atoms with E-state index in [0.717, 1.165) is 79.1 Å². The molecule has 0 unspecified atom stereocenters. The molecule has 0 aliphatic heterocycles. The summed E-state index contributed by atoms with van der Waals surface area (Å²) < 4.78 is 13.6. The molecule has 1 amide bonds. The van der Waals surface area contributed by atoms with Crippen molar-refractivity contribution in [3.8, 4) is 21.8 Å². The first kappa shape index (κ1) is 31.8. The van der Waals surface area contributed by atoms with Gasteiger partial charge in [-0.1, -0.05) is 26.7 Å². The summed E-state index contributed by atoms with van der Waals surface area (Å²) in [5.74, 6) is 0. The van der Waals surface area contributed by atoms with Crippen molar-refractivity contribution >= 4 is 28.6 Å². The number of benzene rings is 1. The predicted molar refractivity (Wildman–Crippen MR) is 171 cm³/mol. The van der Waals surface area contributed by atoms with E-state index >= 15 is 0 Å². The zero-order valence-corrected chi connectivity index (χ0v) is 26.5. The molecule has 4 rings (SSSR count). The van der Waals surface area contributed by atoms with Crippen molar-refractivity contribution in [1.29, 1.82) is 0 Å². The Hall–Kier alpha value is -3.11. The average Bonchev–Trinajstić information content (AvgIpc) is 3.57. The van der Waals surface area contributed by atoms with Gasteiger partial charge in [-0.15, -0.1) is 11.3 Å². The number of aromatic nitrogens is 3. The monoisotopic (exact) mass is 591 g/mol. The van der Waals surface area contributed by atoms with Crippen molar-refractivity contribution in [2.75, 3.05) is 27.4 Å². The van der Waals surface area contributed by atoms with E-state index in [0.29, 0.717) is 19.6 Å². The standard InChI is InChI=1S/C33H45N5O3S/c1-6-38-30-15-14-24(32-37-25(21-42-32)12-9-7-8-10-17-35-36-23-39)18-27(30)28(19-33(2,3)22-41-5)31(38)26-13-11-16-34-29(26)20-40-4/h11,13-16,18,21,23,35H,6-10,12,17,19-20,22H2,1-5H3,(H,36,39). The van der Waals surface area contributed by atoms with Crippen LogP contribution in [-0.4, -0.2) is 48.3 Å². The number of carbonyl (C=O) groups excluding carboxylic acids is 1. The number of pyridine rings is 1. The van der Waals surface area contributed by atoms with Gasteiger partial charge < -0.3 is 14.0 Å². The smallest absolute Gasteiger partial charge is 0.221 e. The first-order valence-corrected chi connectivity index (χ1v) is 15.7. The summed E-state index contributed by atoms with van der Waals surface area (Å²) in [6.07, 6.45) is 8.78. The molecule has 0 spiro atoms. The predicted octanol–water partition coefficient (Wildman–Crippen LogP) is 6.56. The van der Waals surface area contributed by atoms with E-state index in [2.05, 4.69) is 65.8 Å². The van der Waals surface area contributed by atoms with Gasteiger partial charge in [0.1, 0.15) is 5.01 Å². The molecule has 226 valence electrons. The number of hydrazine groups is 1. The number of rotatable bonds is 18. The highest BCUT2D eigenvalue weighted by Crippen LogP contribution is 2.41. The molecule has 42 heavy (non-hydrogen) atoms. The number of aryl methyl sites for hydroxylation is 2. The Morgan fingerprint density at radius 2 is 1.93 bits per heavy atom. The number of ether oxygens (including phenoxy) is 2. The minimum Gasteiger partial charge on any atom is -0.384 e. The number of hydrogen-bond donors (Lipinski definition) is 2. The van der Waals surface area contributed by atoms with E-state index in [9.17, 15) is 4.79 Å². The molecular formula is C33H45N5O3S. The van der Waals surface area contributed by atoms with E-state index < -0.39 is 0 Å². The molecular weight excluding hydrogens is 546 g/mol. The zero-order chi connectivity index (χ0) is 30.0. The number of hydrogen-bond acceptors (Lipinski definition) is 7. The largest absolute Gasteiger partial charge is 0.384 e. The van der Waals surface area contributed by atoms with Gasteiger partial charge in [0.05, 0.1) is 30.3 Å². The molecule has 4 aromatic rings. The first-order chi connectivity index (χ1) is 20.4. The van der Waals surface area contributed by atoms with Gasteiger partial charge in [-0.2, -0.15) is 0 Å². The summed E-state index contributed by atoms with van der Waals surface area (Å²) in [4.78, 5) is 20.0. The van der Waals surface area contributed by atoms with Crippen LogP contribution in [0.2, 0.25) is 0 Å². The number of methoxy groups -OCH3 is 2. The lowest BCUT2D eigenvalue weighted by atomic mass is 9.84. The van der Waals surface area contributed by atoms with Crippen LogP contribution in [0, 0.1) is 5.41 Å². The Kier molecular flexibility index (Phi) is 11.7. The second-order valence-corrected chi connectivity index (χ2v) is 12.4. The van der Waals surface area contributed by atoms with Crippen LogP contribution in [0.3, 0.4) is 0 Å². The highest BCUT2D eigenvalue weighted by atomic mass is 32.1. The van der Waals surface area contributed by atoms with Crippen molar-refractivity contribution in [3.63, 3.8) is 0 Å². The van der Waals surface area contributed by atoms with E-state index in [-0.39, 0.29) is 5.41 Å². The van der Waals surface area contributed by atoms with E-state index in [1.807, 2.05) is 12.3 Å². The molecule has 2 N–H and O–H groups in total. The quantitative estimate of drug-likeness (QED) is 0.0774. The molecule has 9 heteroatoms. The van der Waals surface area contributed by atoms with Crippen LogP contribution in [0.1, 0.15) is 63.4 Å². The van der Waals surface area contributed by atoms with Crippen LogP contribution < -0.4 is 10.9 Å². The topological polar surface area (TPSA) is 90.3 Å². The summed E-state index contributed by atoms with van der Waals surface area (Å²) in [6, 6.07) is 11.0. The SMILES string of the molecule is CCn1c(-c2cccnc2COC)c(CC(C)(C)COC)c2cc(-c3nc(CCCCCCNNC=O)cs3)ccc21. The molecule has 0 bridgehead atoms. The van der Waals surface area contributed by atoms with Crippen molar-refractivity contribution < 1.29 is 14.3 Å². The van der Waals surface area contributed by atoms with E-state index in [1.54, 1.807) is 25.6 Å². The van der Waals surface area contributed by atoms with Crippen LogP contribution >= 0.6 is 11.3 Å². The molecule has 0 aliphatic carbocycles. The van der Waals surface area contributed by atoms with Crippen LogP contribution in [0.5, 0.6) is 0 Å². The normalized spacial score (nSPS) is 11.8. The molecule has 0 aliphatic rings. The van der Waals surface area contributed by atoms with Crippen LogP contribution in [0.25, 0.3) is 32.7 Å². The summed E-state index contributed by atoms with van der Waals surface area (Å²) in [6.45, 7) is 9.52. The second kappa shape index (κ2) is 15.4. The first-order valence-electron chi connectivity index (χ1n) is 14.9. The third-order valence-corrected chi connectivity index (χ3v) is 8.49. The number of thiazole rings is 1. The van der Waals surface area contributed by atoms with Crippen molar-refractivity contribution in [1.82, 2.24) is 25.4 Å². The highest BCUT2D eigenvalue weighted by Gasteiger charge is 2.27. The number of nitrogens with one attached hydrogen (secondary N) is 2. The number of nitrogens with zero attached hydrogens (tertiary/aromatic N) is 3. The number of unbranched alkanes of at least 4 members (excludes halogenated alkanes) is 3. The minimum absolute atomic E-state index is 0.0502. The van der Waals surface area contributed by atoms with Crippen LogP contribution in [0.4, 0.5) is 0 Å². The third kappa shape index (κ3) is 7.83. The molecule has 0 saturated heterocycles. The van der Waals surface area contributed by atoms with Crippen LogP contribution in [0.15, 0.2) is 41.9 Å². The molecule has 3 aromatic heterocycles. The fraction of sp³-hybridized carbons (Fsp3) is 0.485. The lowest BCUT2D eigenvalue weighted by Gasteiger charge is -2.25. The number of fused-ring (bicyclic) bond motifs is 1. The van der Waals surface area contributed by atoms with Crippen molar-refractivity contribution in [2.24, 2.45) is 5.41 Å². The fourth-order valence-corrected chi connectivity index (χ4v) is 6.59. The van der Waals surface area contributed by atoms with Crippen molar-refractivity contribution in [2.45, 2.75) is 72.4 Å². The molecule has 8 nitrogen and oxygen atoms in total. The van der Waals surface area contributed by atoms with E-state index in [1.165, 1.54) is 22.2 Å². The minimum atomic E-state index is -0.0502. The molecule has 0 radical (unpaired) electrons. The maximum atomic E-state index is 10.3. The van der Waals surface area contributed by atoms with Crippen molar-refractivity contribution in [3.05, 3.63) is 58.9 Å². The van der Waals surface area contributed by atoms with Gasteiger partial charge in [0.25, 0.3) is 0 Å². The molecule has 0 saturated carbocycles. The van der Waals surface area contributed by atoms with E-state index in [4.69, 9.17) is 19.4 Å². The average molecular weight is 592 g/mol. The Balaban J connectivity index is 1.66.